The van der Waals surface area contributed by atoms with E-state index in [0.29, 0.717) is 12.5 Å². The van der Waals surface area contributed by atoms with E-state index in [-0.39, 0.29) is 0 Å². The highest BCUT2D eigenvalue weighted by atomic mass is 16.5. The van der Waals surface area contributed by atoms with Crippen LogP contribution in [0.2, 0.25) is 0 Å². The van der Waals surface area contributed by atoms with Crippen molar-refractivity contribution in [3.8, 4) is 23.0 Å². The molecule has 0 aliphatic carbocycles. The number of ether oxygens (including phenoxy) is 3. The van der Waals surface area contributed by atoms with Crippen LogP contribution < -0.4 is 9.47 Å². The zero-order chi connectivity index (χ0) is 22.0. The topological polar surface area (TPSA) is 66.4 Å². The maximum Gasteiger partial charge on any atom is 0.233 e. The molecule has 0 atom stereocenters. The molecule has 0 unspecified atom stereocenters. The summed E-state index contributed by atoms with van der Waals surface area (Å²) in [6.45, 7) is 7.41. The molecule has 0 aliphatic rings. The molecule has 0 saturated carbocycles. The maximum atomic E-state index is 5.79. The van der Waals surface area contributed by atoms with Gasteiger partial charge >= 0.3 is 0 Å². The third-order valence-corrected chi connectivity index (χ3v) is 4.98. The maximum absolute atomic E-state index is 5.79. The van der Waals surface area contributed by atoms with Gasteiger partial charge in [-0.1, -0.05) is 52.4 Å². The van der Waals surface area contributed by atoms with Gasteiger partial charge in [0.25, 0.3) is 0 Å². The van der Waals surface area contributed by atoms with Crippen LogP contribution in [0.15, 0.2) is 30.5 Å². The molecule has 0 N–H and O–H groups in total. The van der Waals surface area contributed by atoms with Gasteiger partial charge in [0.1, 0.15) is 11.4 Å². The van der Waals surface area contributed by atoms with Crippen LogP contribution in [0.5, 0.6) is 11.6 Å². The van der Waals surface area contributed by atoms with E-state index in [0.717, 1.165) is 62.6 Å². The van der Waals surface area contributed by atoms with E-state index in [2.05, 4.69) is 29.0 Å². The van der Waals surface area contributed by atoms with E-state index in [1.807, 2.05) is 24.3 Å². The molecule has 0 bridgehead atoms. The molecule has 0 fully saturated rings. The lowest BCUT2D eigenvalue weighted by molar-refractivity contribution is 0.123. The number of pyridine rings is 1. The average molecular weight is 430 g/mol. The molecule has 0 radical (unpaired) electrons. The number of hydrogen-bond donors (Lipinski definition) is 0. The fraction of sp³-hybridized carbons (Fsp3) is 0.640. The van der Waals surface area contributed by atoms with Crippen molar-refractivity contribution in [1.29, 1.82) is 0 Å². The molecular formula is C25H39N3O3. The molecule has 0 spiro atoms. The Kier molecular flexibility index (Phi) is 13.3. The van der Waals surface area contributed by atoms with Crippen molar-refractivity contribution in [2.75, 3.05) is 26.4 Å². The van der Waals surface area contributed by atoms with Gasteiger partial charge in [-0.25, -0.2) is 0 Å². The summed E-state index contributed by atoms with van der Waals surface area (Å²) < 4.78 is 17.0. The minimum absolute atomic E-state index is 0.537. The number of rotatable bonds is 18. The van der Waals surface area contributed by atoms with Crippen LogP contribution >= 0.6 is 0 Å². The quantitative estimate of drug-likeness (QED) is 0.261. The van der Waals surface area contributed by atoms with Crippen LogP contribution in [0.4, 0.5) is 0 Å². The molecule has 2 aromatic rings. The van der Waals surface area contributed by atoms with Gasteiger partial charge in [-0.15, -0.1) is 10.2 Å². The van der Waals surface area contributed by atoms with Crippen LogP contribution in [-0.4, -0.2) is 41.6 Å². The number of hydrogen-bond acceptors (Lipinski definition) is 6. The lowest BCUT2D eigenvalue weighted by Crippen LogP contribution is -2.03. The first-order chi connectivity index (χ1) is 15.3. The smallest absolute Gasteiger partial charge is 0.233 e. The predicted octanol–water partition coefficient (Wildman–Crippen LogP) is 6.25. The summed E-state index contributed by atoms with van der Waals surface area (Å²) in [5, 5.41) is 8.39. The average Bonchev–Trinajstić information content (AvgIpc) is 2.81. The molecule has 0 aromatic carbocycles. The fourth-order valence-corrected chi connectivity index (χ4v) is 3.05. The van der Waals surface area contributed by atoms with Gasteiger partial charge in [0.05, 0.1) is 25.1 Å². The molecular weight excluding hydrogens is 390 g/mol. The van der Waals surface area contributed by atoms with Crippen molar-refractivity contribution in [1.82, 2.24) is 15.2 Å². The predicted molar refractivity (Wildman–Crippen MR) is 125 cm³/mol. The Balaban J connectivity index is 1.63. The first-order valence-electron chi connectivity index (χ1n) is 12.0. The van der Waals surface area contributed by atoms with Gasteiger partial charge in [-0.2, -0.15) is 0 Å². The molecule has 172 valence electrons. The highest BCUT2D eigenvalue weighted by Gasteiger charge is 2.04. The highest BCUT2D eigenvalue weighted by molar-refractivity contribution is 5.54. The van der Waals surface area contributed by atoms with Gasteiger partial charge in [0.2, 0.25) is 5.88 Å². The summed E-state index contributed by atoms with van der Waals surface area (Å²) in [7, 11) is 0. The lowest BCUT2D eigenvalue weighted by atomic mass is 10.1. The van der Waals surface area contributed by atoms with Crippen LogP contribution in [0.3, 0.4) is 0 Å². The molecule has 0 aliphatic heterocycles. The summed E-state index contributed by atoms with van der Waals surface area (Å²) in [5.74, 6) is 1.33. The van der Waals surface area contributed by atoms with Crippen LogP contribution in [0.1, 0.15) is 78.1 Å². The molecule has 6 heteroatoms. The highest BCUT2D eigenvalue weighted by Crippen LogP contribution is 2.19. The lowest BCUT2D eigenvalue weighted by Gasteiger charge is -2.07. The van der Waals surface area contributed by atoms with Crippen LogP contribution in [-0.2, 0) is 4.74 Å². The Hall–Kier alpha value is -2.21. The standard InChI is InChI=1S/C25H39N3O3/c1-3-5-7-8-9-10-19-30-22-13-14-23(26-21-22)24-15-16-25(28-27-24)31-20-12-11-18-29-17-6-4-2/h13-16,21H,3-12,17-20H2,1-2H3. The normalized spacial score (nSPS) is 10.9. The van der Waals surface area contributed by atoms with E-state index in [9.17, 15) is 0 Å². The molecule has 2 rings (SSSR count). The molecule has 2 heterocycles. The summed E-state index contributed by atoms with van der Waals surface area (Å²) in [4.78, 5) is 4.45. The van der Waals surface area contributed by atoms with E-state index in [1.165, 1.54) is 38.5 Å². The van der Waals surface area contributed by atoms with Crippen LogP contribution in [0.25, 0.3) is 11.4 Å². The second-order valence-electron chi connectivity index (χ2n) is 7.77. The van der Waals surface area contributed by atoms with E-state index >= 15 is 0 Å². The molecule has 0 amide bonds. The summed E-state index contributed by atoms with van der Waals surface area (Å²) in [5.41, 5.74) is 1.49. The SMILES string of the molecule is CCCCCCCCOc1ccc(-c2ccc(OCCCCOCCCC)nn2)nc1. The summed E-state index contributed by atoms with van der Waals surface area (Å²) in [6.07, 6.45) is 13.5. The number of unbranched alkanes of at least 4 members (excludes halogenated alkanes) is 7. The number of aromatic nitrogens is 3. The van der Waals surface area contributed by atoms with Gasteiger partial charge in [0, 0.05) is 19.3 Å². The van der Waals surface area contributed by atoms with Gasteiger partial charge < -0.3 is 14.2 Å². The second-order valence-corrected chi connectivity index (χ2v) is 7.77. The monoisotopic (exact) mass is 429 g/mol. The van der Waals surface area contributed by atoms with Crippen molar-refractivity contribution in [3.63, 3.8) is 0 Å². The molecule has 2 aromatic heterocycles. The van der Waals surface area contributed by atoms with Gasteiger partial charge in [0.15, 0.2) is 0 Å². The van der Waals surface area contributed by atoms with Crippen molar-refractivity contribution < 1.29 is 14.2 Å². The third-order valence-electron chi connectivity index (χ3n) is 4.98. The number of nitrogens with zero attached hydrogens (tertiary/aromatic N) is 3. The van der Waals surface area contributed by atoms with E-state index < -0.39 is 0 Å². The Labute approximate surface area is 187 Å². The molecule has 6 nitrogen and oxygen atoms in total. The first kappa shape index (κ1) is 25.1. The van der Waals surface area contributed by atoms with Crippen molar-refractivity contribution in [3.05, 3.63) is 30.5 Å². The van der Waals surface area contributed by atoms with Crippen molar-refractivity contribution >= 4 is 0 Å². The van der Waals surface area contributed by atoms with Gasteiger partial charge in [-0.3, -0.25) is 4.98 Å². The van der Waals surface area contributed by atoms with Gasteiger partial charge in [-0.05, 0) is 43.9 Å². The minimum atomic E-state index is 0.537. The Bertz CT molecular complexity index is 677. The second kappa shape index (κ2) is 16.5. The van der Waals surface area contributed by atoms with Crippen molar-refractivity contribution in [2.45, 2.75) is 78.1 Å². The van der Waals surface area contributed by atoms with Crippen molar-refractivity contribution in [2.24, 2.45) is 0 Å². The van der Waals surface area contributed by atoms with E-state index in [1.54, 1.807) is 6.20 Å². The Morgan fingerprint density at radius 1 is 0.613 bits per heavy atom. The van der Waals surface area contributed by atoms with E-state index in [4.69, 9.17) is 14.2 Å². The summed E-state index contributed by atoms with van der Waals surface area (Å²) in [6, 6.07) is 7.58. The Morgan fingerprint density at radius 2 is 1.29 bits per heavy atom. The van der Waals surface area contributed by atoms with Crippen LogP contribution in [0, 0.1) is 0 Å². The largest absolute Gasteiger partial charge is 0.492 e. The minimum Gasteiger partial charge on any atom is -0.492 e. The third kappa shape index (κ3) is 11.1. The molecule has 31 heavy (non-hydrogen) atoms. The summed E-state index contributed by atoms with van der Waals surface area (Å²) >= 11 is 0. The zero-order valence-corrected chi connectivity index (χ0v) is 19.4. The fourth-order valence-electron chi connectivity index (χ4n) is 3.05. The molecule has 0 saturated heterocycles. The Morgan fingerprint density at radius 3 is 2.03 bits per heavy atom. The first-order valence-corrected chi connectivity index (χ1v) is 12.0. The zero-order valence-electron chi connectivity index (χ0n) is 19.4.